The van der Waals surface area contributed by atoms with Crippen molar-refractivity contribution in [2.45, 2.75) is 31.7 Å². The van der Waals surface area contributed by atoms with E-state index in [1.54, 1.807) is 12.1 Å². The summed E-state index contributed by atoms with van der Waals surface area (Å²) < 4.78 is 1.87. The molecule has 9 heteroatoms. The molecule has 8 nitrogen and oxygen atoms in total. The fraction of sp³-hybridized carbons (Fsp3) is 0.227. The van der Waals surface area contributed by atoms with Crippen molar-refractivity contribution >= 4 is 34.6 Å². The third-order valence-electron chi connectivity index (χ3n) is 5.74. The number of aromatic amines is 2. The largest absolute Gasteiger partial charge is 0.351 e. The van der Waals surface area contributed by atoms with Gasteiger partial charge in [-0.1, -0.05) is 42.6 Å². The SMILES string of the molecule is NC(=O)Nc1nc(-c2cccc(Cl)c2)c(-c2ccc3c(c2)[nH]c(=O)n3C2CCCC2)[nH]1. The van der Waals surface area contributed by atoms with Crippen LogP contribution in [-0.4, -0.2) is 25.6 Å². The number of imidazole rings is 2. The van der Waals surface area contributed by atoms with Crippen molar-refractivity contribution < 1.29 is 4.79 Å². The lowest BCUT2D eigenvalue weighted by molar-refractivity contribution is 0.259. The van der Waals surface area contributed by atoms with E-state index in [0.717, 1.165) is 47.8 Å². The molecule has 31 heavy (non-hydrogen) atoms. The van der Waals surface area contributed by atoms with Crippen LogP contribution in [0.3, 0.4) is 0 Å². The molecule has 2 aromatic heterocycles. The van der Waals surface area contributed by atoms with Crippen molar-refractivity contribution in [3.63, 3.8) is 0 Å². The van der Waals surface area contributed by atoms with Crippen LogP contribution in [0.5, 0.6) is 0 Å². The number of hydrogen-bond donors (Lipinski definition) is 4. The van der Waals surface area contributed by atoms with Crippen LogP contribution in [-0.2, 0) is 0 Å². The maximum atomic E-state index is 12.6. The molecule has 0 bridgehead atoms. The first kappa shape index (κ1) is 19.4. The maximum absolute atomic E-state index is 12.6. The first-order valence-corrected chi connectivity index (χ1v) is 10.5. The molecule has 0 aliphatic heterocycles. The van der Waals surface area contributed by atoms with Gasteiger partial charge in [-0.2, -0.15) is 0 Å². The van der Waals surface area contributed by atoms with Crippen LogP contribution >= 0.6 is 11.6 Å². The van der Waals surface area contributed by atoms with Crippen molar-refractivity contribution in [2.24, 2.45) is 5.73 Å². The van der Waals surface area contributed by atoms with Gasteiger partial charge in [0, 0.05) is 22.2 Å². The Morgan fingerprint density at radius 2 is 1.94 bits per heavy atom. The number of fused-ring (bicyclic) bond motifs is 1. The fourth-order valence-corrected chi connectivity index (χ4v) is 4.60. The molecule has 1 saturated carbocycles. The molecule has 5 N–H and O–H groups in total. The van der Waals surface area contributed by atoms with Gasteiger partial charge in [0.2, 0.25) is 5.95 Å². The van der Waals surface area contributed by atoms with Gasteiger partial charge < -0.3 is 15.7 Å². The number of amides is 2. The molecule has 1 aliphatic carbocycles. The maximum Gasteiger partial charge on any atom is 0.326 e. The molecule has 158 valence electrons. The smallest absolute Gasteiger partial charge is 0.326 e. The average Bonchev–Trinajstić information content (AvgIpc) is 3.45. The molecule has 0 saturated heterocycles. The van der Waals surface area contributed by atoms with E-state index in [0.29, 0.717) is 16.4 Å². The van der Waals surface area contributed by atoms with Gasteiger partial charge >= 0.3 is 11.7 Å². The van der Waals surface area contributed by atoms with E-state index in [2.05, 4.69) is 20.3 Å². The predicted octanol–water partition coefficient (Wildman–Crippen LogP) is 4.65. The highest BCUT2D eigenvalue weighted by molar-refractivity contribution is 6.30. The molecule has 0 spiro atoms. The molecule has 2 heterocycles. The highest BCUT2D eigenvalue weighted by Gasteiger charge is 2.22. The summed E-state index contributed by atoms with van der Waals surface area (Å²) in [5.41, 5.74) is 9.72. The molecule has 0 unspecified atom stereocenters. The second kappa shape index (κ2) is 7.63. The standard InChI is InChI=1S/C22H21ClN6O2/c23-14-5-3-4-12(10-14)18-19(27-21(26-18)28-20(24)30)13-8-9-17-16(11-13)25-22(31)29(17)15-6-1-2-7-15/h3-5,8-11,15H,1-2,6-7H2,(H,25,31)(H4,24,26,27,28,30). The fourth-order valence-electron chi connectivity index (χ4n) is 4.41. The number of H-pyrrole nitrogens is 2. The van der Waals surface area contributed by atoms with Gasteiger partial charge in [-0.3, -0.25) is 9.88 Å². The number of hydrogen-bond acceptors (Lipinski definition) is 3. The minimum atomic E-state index is -0.716. The number of nitrogens with zero attached hydrogens (tertiary/aromatic N) is 2. The van der Waals surface area contributed by atoms with Crippen LogP contribution in [0.25, 0.3) is 33.5 Å². The lowest BCUT2D eigenvalue weighted by atomic mass is 10.0. The number of nitrogens with one attached hydrogen (secondary N) is 3. The van der Waals surface area contributed by atoms with Gasteiger partial charge in [0.1, 0.15) is 0 Å². The summed E-state index contributed by atoms with van der Waals surface area (Å²) in [7, 11) is 0. The van der Waals surface area contributed by atoms with Crippen molar-refractivity contribution in [1.29, 1.82) is 0 Å². The topological polar surface area (TPSA) is 122 Å². The minimum Gasteiger partial charge on any atom is -0.351 e. The summed E-state index contributed by atoms with van der Waals surface area (Å²) in [4.78, 5) is 34.6. The second-order valence-electron chi connectivity index (χ2n) is 7.78. The average molecular weight is 437 g/mol. The number of nitrogens with two attached hydrogens (primary N) is 1. The Morgan fingerprint density at radius 3 is 2.68 bits per heavy atom. The molecule has 1 aliphatic rings. The predicted molar refractivity (Wildman–Crippen MR) is 121 cm³/mol. The molecule has 0 radical (unpaired) electrons. The van der Waals surface area contributed by atoms with E-state index >= 15 is 0 Å². The zero-order valence-corrected chi connectivity index (χ0v) is 17.4. The zero-order chi connectivity index (χ0) is 21.5. The number of rotatable bonds is 4. The van der Waals surface area contributed by atoms with Gasteiger partial charge in [0.25, 0.3) is 0 Å². The Hall–Kier alpha value is -3.52. The number of urea groups is 1. The second-order valence-corrected chi connectivity index (χ2v) is 8.22. The number of aromatic nitrogens is 4. The lowest BCUT2D eigenvalue weighted by Gasteiger charge is -2.11. The summed E-state index contributed by atoms with van der Waals surface area (Å²) in [6.07, 6.45) is 4.34. The van der Waals surface area contributed by atoms with Gasteiger partial charge in [-0.15, -0.1) is 0 Å². The normalized spacial score (nSPS) is 14.4. The van der Waals surface area contributed by atoms with Crippen LogP contribution in [0.15, 0.2) is 47.3 Å². The molecule has 2 aromatic carbocycles. The molecule has 4 aromatic rings. The monoisotopic (exact) mass is 436 g/mol. The third kappa shape index (κ3) is 3.59. The number of halogens is 1. The van der Waals surface area contributed by atoms with Crippen LogP contribution in [0.1, 0.15) is 31.7 Å². The highest BCUT2D eigenvalue weighted by atomic mass is 35.5. The first-order valence-electron chi connectivity index (χ1n) is 10.2. The number of carbonyl (C=O) groups excluding carboxylic acids is 1. The zero-order valence-electron chi connectivity index (χ0n) is 16.6. The summed E-state index contributed by atoms with van der Waals surface area (Å²) in [6.45, 7) is 0. The van der Waals surface area contributed by atoms with E-state index < -0.39 is 6.03 Å². The van der Waals surface area contributed by atoms with E-state index in [1.807, 2.05) is 34.9 Å². The third-order valence-corrected chi connectivity index (χ3v) is 5.97. The molecule has 0 atom stereocenters. The highest BCUT2D eigenvalue weighted by Crippen LogP contribution is 2.35. The number of anilines is 1. The summed E-state index contributed by atoms with van der Waals surface area (Å²) >= 11 is 6.17. The number of primary amides is 1. The quantitative estimate of drug-likeness (QED) is 0.372. The van der Waals surface area contributed by atoms with Crippen molar-refractivity contribution in [1.82, 2.24) is 19.5 Å². The van der Waals surface area contributed by atoms with Gasteiger partial charge in [-0.25, -0.2) is 14.6 Å². The van der Waals surface area contributed by atoms with Gasteiger partial charge in [0.15, 0.2) is 0 Å². The lowest BCUT2D eigenvalue weighted by Crippen LogP contribution is -2.20. The molecule has 1 fully saturated rings. The number of benzene rings is 2. The Balaban J connectivity index is 1.64. The van der Waals surface area contributed by atoms with E-state index in [4.69, 9.17) is 17.3 Å². The first-order chi connectivity index (χ1) is 15.0. The molecule has 5 rings (SSSR count). The Bertz CT molecular complexity index is 1350. The van der Waals surface area contributed by atoms with Gasteiger partial charge in [-0.05, 0) is 37.1 Å². The number of carbonyl (C=O) groups is 1. The van der Waals surface area contributed by atoms with E-state index in [9.17, 15) is 9.59 Å². The Morgan fingerprint density at radius 1 is 1.13 bits per heavy atom. The molecular formula is C22H21ClN6O2. The van der Waals surface area contributed by atoms with Crippen LogP contribution in [0.4, 0.5) is 10.7 Å². The van der Waals surface area contributed by atoms with Crippen LogP contribution < -0.4 is 16.7 Å². The minimum absolute atomic E-state index is 0.0881. The summed E-state index contributed by atoms with van der Waals surface area (Å²) in [6, 6.07) is 12.6. The van der Waals surface area contributed by atoms with Gasteiger partial charge in [0.05, 0.1) is 22.4 Å². The van der Waals surface area contributed by atoms with Crippen molar-refractivity contribution in [2.75, 3.05) is 5.32 Å². The Labute approximate surface area is 182 Å². The molecular weight excluding hydrogens is 416 g/mol. The molecule has 2 amide bonds. The van der Waals surface area contributed by atoms with Crippen LogP contribution in [0, 0.1) is 0 Å². The van der Waals surface area contributed by atoms with Crippen molar-refractivity contribution in [3.8, 4) is 22.5 Å². The summed E-state index contributed by atoms with van der Waals surface area (Å²) in [5, 5.41) is 3.06. The van der Waals surface area contributed by atoms with Crippen LogP contribution in [0.2, 0.25) is 5.02 Å². The summed E-state index contributed by atoms with van der Waals surface area (Å²) in [5.74, 6) is 0.231. The van der Waals surface area contributed by atoms with Crippen molar-refractivity contribution in [3.05, 3.63) is 58.0 Å². The van der Waals surface area contributed by atoms with E-state index in [1.165, 1.54) is 0 Å². The Kier molecular flexibility index (Phi) is 4.78. The van der Waals surface area contributed by atoms with E-state index in [-0.39, 0.29) is 17.7 Å².